The Labute approximate surface area is 155 Å². The van der Waals surface area contributed by atoms with E-state index >= 15 is 0 Å². The summed E-state index contributed by atoms with van der Waals surface area (Å²) in [6.07, 6.45) is 8.48. The summed E-state index contributed by atoms with van der Waals surface area (Å²) in [4.78, 5) is 21.0. The van der Waals surface area contributed by atoms with E-state index in [0.29, 0.717) is 18.0 Å². The van der Waals surface area contributed by atoms with Crippen LogP contribution in [-0.4, -0.2) is 28.8 Å². The average Bonchev–Trinajstić information content (AvgIpc) is 2.67. The minimum absolute atomic E-state index is 0.392. The molecule has 2 aromatic rings. The van der Waals surface area contributed by atoms with Crippen LogP contribution in [0, 0.1) is 0 Å². The SMILES string of the molecule is CCCCOC(C)OC(=O)c1ccc(-c2ncc(CCCC)cn2)cc1. The first kappa shape index (κ1) is 20.0. The van der Waals surface area contributed by atoms with Crippen LogP contribution >= 0.6 is 0 Å². The van der Waals surface area contributed by atoms with E-state index in [0.717, 1.165) is 43.2 Å². The van der Waals surface area contributed by atoms with E-state index < -0.39 is 12.3 Å². The summed E-state index contributed by atoms with van der Waals surface area (Å²) < 4.78 is 10.7. The molecule has 1 heterocycles. The smallest absolute Gasteiger partial charge is 0.340 e. The molecule has 1 aromatic carbocycles. The summed E-state index contributed by atoms with van der Waals surface area (Å²) in [7, 11) is 0. The van der Waals surface area contributed by atoms with Crippen LogP contribution in [0.3, 0.4) is 0 Å². The lowest BCUT2D eigenvalue weighted by Crippen LogP contribution is -2.18. The van der Waals surface area contributed by atoms with Crippen molar-refractivity contribution >= 4 is 5.97 Å². The maximum atomic E-state index is 12.1. The van der Waals surface area contributed by atoms with E-state index in [1.807, 2.05) is 24.5 Å². The molecule has 0 saturated heterocycles. The fraction of sp³-hybridized carbons (Fsp3) is 0.476. The average molecular weight is 356 g/mol. The van der Waals surface area contributed by atoms with Gasteiger partial charge >= 0.3 is 5.97 Å². The van der Waals surface area contributed by atoms with Gasteiger partial charge in [0.1, 0.15) is 0 Å². The molecule has 0 aliphatic rings. The molecule has 0 aliphatic carbocycles. The van der Waals surface area contributed by atoms with Crippen LogP contribution in [0.15, 0.2) is 36.7 Å². The predicted octanol–water partition coefficient (Wildman–Crippen LogP) is 4.81. The van der Waals surface area contributed by atoms with Gasteiger partial charge < -0.3 is 9.47 Å². The van der Waals surface area contributed by atoms with Gasteiger partial charge in [0, 0.05) is 18.0 Å². The number of ether oxygens (including phenoxy) is 2. The number of unbranched alkanes of at least 4 members (excludes halogenated alkanes) is 2. The van der Waals surface area contributed by atoms with E-state index in [4.69, 9.17) is 9.47 Å². The summed E-state index contributed by atoms with van der Waals surface area (Å²) in [6, 6.07) is 7.12. The van der Waals surface area contributed by atoms with Crippen LogP contribution in [0.2, 0.25) is 0 Å². The van der Waals surface area contributed by atoms with Crippen molar-refractivity contribution in [3.8, 4) is 11.4 Å². The van der Waals surface area contributed by atoms with Gasteiger partial charge in [-0.1, -0.05) is 38.8 Å². The predicted molar refractivity (Wildman–Crippen MR) is 102 cm³/mol. The van der Waals surface area contributed by atoms with Crippen molar-refractivity contribution in [3.05, 3.63) is 47.8 Å². The molecule has 0 spiro atoms. The molecule has 1 atom stereocenters. The highest BCUT2D eigenvalue weighted by atomic mass is 16.7. The van der Waals surface area contributed by atoms with Crippen molar-refractivity contribution in [1.82, 2.24) is 9.97 Å². The van der Waals surface area contributed by atoms with E-state index in [-0.39, 0.29) is 0 Å². The summed E-state index contributed by atoms with van der Waals surface area (Å²) in [5, 5.41) is 0. The van der Waals surface area contributed by atoms with Gasteiger partial charge in [0.15, 0.2) is 12.1 Å². The van der Waals surface area contributed by atoms with E-state index in [1.54, 1.807) is 19.1 Å². The van der Waals surface area contributed by atoms with Crippen LogP contribution in [0.1, 0.15) is 62.4 Å². The number of carbonyl (C=O) groups is 1. The first-order valence-electron chi connectivity index (χ1n) is 9.38. The lowest BCUT2D eigenvalue weighted by Gasteiger charge is -2.14. The molecular weight excluding hydrogens is 328 g/mol. The van der Waals surface area contributed by atoms with Crippen molar-refractivity contribution in [1.29, 1.82) is 0 Å². The molecule has 0 fully saturated rings. The number of benzene rings is 1. The topological polar surface area (TPSA) is 61.3 Å². The third kappa shape index (κ3) is 6.23. The number of aryl methyl sites for hydroxylation is 1. The van der Waals surface area contributed by atoms with Gasteiger partial charge in [0.05, 0.1) is 12.2 Å². The summed E-state index contributed by atoms with van der Waals surface area (Å²) in [6.45, 7) is 6.58. The lowest BCUT2D eigenvalue weighted by molar-refractivity contribution is -0.0985. The zero-order valence-electron chi connectivity index (χ0n) is 15.9. The van der Waals surface area contributed by atoms with Crippen LogP contribution in [0.4, 0.5) is 0 Å². The molecule has 0 N–H and O–H groups in total. The van der Waals surface area contributed by atoms with Gasteiger partial charge in [-0.15, -0.1) is 0 Å². The molecule has 1 aromatic heterocycles. The molecule has 0 radical (unpaired) electrons. The van der Waals surface area contributed by atoms with Gasteiger partial charge in [0.2, 0.25) is 0 Å². The summed E-state index contributed by atoms with van der Waals surface area (Å²) in [5.41, 5.74) is 2.50. The standard InChI is InChI=1S/C21H28N2O3/c1-4-6-8-17-14-22-20(23-15-17)18-9-11-19(12-10-18)21(24)26-16(3)25-13-7-5-2/h9-12,14-16H,4-8,13H2,1-3H3. The van der Waals surface area contributed by atoms with Gasteiger partial charge in [-0.2, -0.15) is 0 Å². The third-order valence-electron chi connectivity index (χ3n) is 4.03. The van der Waals surface area contributed by atoms with Gasteiger partial charge in [-0.3, -0.25) is 0 Å². The number of nitrogens with zero attached hydrogens (tertiary/aromatic N) is 2. The molecule has 0 bridgehead atoms. The van der Waals surface area contributed by atoms with Crippen molar-refractivity contribution in [2.45, 2.75) is 59.2 Å². The molecule has 2 rings (SSSR count). The number of hydrogen-bond acceptors (Lipinski definition) is 5. The van der Waals surface area contributed by atoms with Crippen molar-refractivity contribution in [2.24, 2.45) is 0 Å². The molecule has 26 heavy (non-hydrogen) atoms. The highest BCUT2D eigenvalue weighted by Crippen LogP contribution is 2.17. The number of aromatic nitrogens is 2. The van der Waals surface area contributed by atoms with Gasteiger partial charge in [-0.25, -0.2) is 14.8 Å². The maximum absolute atomic E-state index is 12.1. The van der Waals surface area contributed by atoms with Gasteiger partial charge in [-0.05, 0) is 43.9 Å². The monoisotopic (exact) mass is 356 g/mol. The van der Waals surface area contributed by atoms with E-state index in [1.165, 1.54) is 0 Å². The third-order valence-corrected chi connectivity index (χ3v) is 4.03. The Kier molecular flexibility index (Phi) is 8.22. The van der Waals surface area contributed by atoms with E-state index in [9.17, 15) is 4.79 Å². The molecule has 5 heteroatoms. The molecular formula is C21H28N2O3. The Balaban J connectivity index is 1.93. The fourth-order valence-corrected chi connectivity index (χ4v) is 2.42. The second-order valence-corrected chi connectivity index (χ2v) is 6.29. The number of hydrogen-bond donors (Lipinski definition) is 0. The maximum Gasteiger partial charge on any atom is 0.340 e. The highest BCUT2D eigenvalue weighted by molar-refractivity contribution is 5.90. The van der Waals surface area contributed by atoms with Crippen molar-refractivity contribution in [2.75, 3.05) is 6.61 Å². The second kappa shape index (κ2) is 10.7. The summed E-state index contributed by atoms with van der Waals surface area (Å²) >= 11 is 0. The Hall–Kier alpha value is -2.27. The number of carbonyl (C=O) groups excluding carboxylic acids is 1. The molecule has 0 saturated carbocycles. The zero-order chi connectivity index (χ0) is 18.8. The molecule has 1 unspecified atom stereocenters. The largest absolute Gasteiger partial charge is 0.432 e. The van der Waals surface area contributed by atoms with Crippen LogP contribution in [0.5, 0.6) is 0 Å². The van der Waals surface area contributed by atoms with Crippen molar-refractivity contribution in [3.63, 3.8) is 0 Å². The molecule has 0 aliphatic heterocycles. The fourth-order valence-electron chi connectivity index (χ4n) is 2.42. The van der Waals surface area contributed by atoms with Crippen molar-refractivity contribution < 1.29 is 14.3 Å². The zero-order valence-corrected chi connectivity index (χ0v) is 15.9. The first-order valence-corrected chi connectivity index (χ1v) is 9.38. The van der Waals surface area contributed by atoms with Crippen LogP contribution in [-0.2, 0) is 15.9 Å². The Morgan fingerprint density at radius 2 is 1.69 bits per heavy atom. The highest BCUT2D eigenvalue weighted by Gasteiger charge is 2.12. The number of esters is 1. The first-order chi connectivity index (χ1) is 12.6. The lowest BCUT2D eigenvalue weighted by atomic mass is 10.1. The quantitative estimate of drug-likeness (QED) is 0.347. The van der Waals surface area contributed by atoms with E-state index in [2.05, 4.69) is 23.8 Å². The molecule has 5 nitrogen and oxygen atoms in total. The molecule has 0 amide bonds. The Morgan fingerprint density at radius 3 is 2.31 bits per heavy atom. The second-order valence-electron chi connectivity index (χ2n) is 6.29. The number of rotatable bonds is 10. The Bertz CT molecular complexity index is 669. The van der Waals surface area contributed by atoms with Crippen LogP contribution in [0.25, 0.3) is 11.4 Å². The minimum Gasteiger partial charge on any atom is -0.432 e. The summed E-state index contributed by atoms with van der Waals surface area (Å²) in [5.74, 6) is 0.262. The van der Waals surface area contributed by atoms with Gasteiger partial charge in [0.25, 0.3) is 0 Å². The normalized spacial score (nSPS) is 12.0. The molecule has 140 valence electrons. The Morgan fingerprint density at radius 1 is 1.04 bits per heavy atom. The van der Waals surface area contributed by atoms with Crippen LogP contribution < -0.4 is 0 Å². The minimum atomic E-state index is -0.548.